The Labute approximate surface area is 139 Å². The molecule has 124 valence electrons. The number of nitrogens with two attached hydrogens (primary N) is 1. The predicted octanol–water partition coefficient (Wildman–Crippen LogP) is 3.15. The highest BCUT2D eigenvalue weighted by molar-refractivity contribution is 5.85. The van der Waals surface area contributed by atoms with Gasteiger partial charge in [-0.3, -0.25) is 9.59 Å². The average molecular weight is 326 g/mol. The molecule has 1 heterocycles. The van der Waals surface area contributed by atoms with Crippen LogP contribution in [-0.2, 0) is 11.2 Å². The van der Waals surface area contributed by atoms with E-state index in [2.05, 4.69) is 5.32 Å². The van der Waals surface area contributed by atoms with E-state index in [1.165, 1.54) is 12.1 Å². The lowest BCUT2D eigenvalue weighted by Gasteiger charge is -2.42. The number of hydrogen-bond donors (Lipinski definition) is 2. The van der Waals surface area contributed by atoms with Crippen LogP contribution in [0.4, 0.5) is 10.1 Å². The number of aryl methyl sites for hydroxylation is 1. The fraction of sp³-hybridized carbons (Fsp3) is 0.263. The van der Waals surface area contributed by atoms with Gasteiger partial charge in [-0.05, 0) is 67.3 Å². The predicted molar refractivity (Wildman–Crippen MR) is 90.3 cm³/mol. The van der Waals surface area contributed by atoms with Gasteiger partial charge in [0.2, 0.25) is 5.91 Å². The monoisotopic (exact) mass is 326 g/mol. The summed E-state index contributed by atoms with van der Waals surface area (Å²) in [6.45, 7) is 3.65. The maximum atomic E-state index is 13.8. The SMILES string of the molecule is Cc1ccc(F)cc1C1Nc2ccc(C=O)cc2CC1(C)C(N)=O. The van der Waals surface area contributed by atoms with E-state index in [9.17, 15) is 14.0 Å². The molecule has 3 N–H and O–H groups in total. The summed E-state index contributed by atoms with van der Waals surface area (Å²) >= 11 is 0. The van der Waals surface area contributed by atoms with Crippen LogP contribution in [0.15, 0.2) is 36.4 Å². The van der Waals surface area contributed by atoms with Crippen LogP contribution < -0.4 is 11.1 Å². The number of aldehydes is 1. The first kappa shape index (κ1) is 16.2. The van der Waals surface area contributed by atoms with Crippen LogP contribution in [0.5, 0.6) is 0 Å². The number of benzene rings is 2. The molecule has 0 saturated carbocycles. The Morgan fingerprint density at radius 1 is 1.33 bits per heavy atom. The Kier molecular flexibility index (Phi) is 3.87. The molecule has 2 aromatic carbocycles. The van der Waals surface area contributed by atoms with Crippen LogP contribution in [0.1, 0.15) is 40.0 Å². The molecule has 0 aliphatic carbocycles. The zero-order valence-electron chi connectivity index (χ0n) is 13.6. The Morgan fingerprint density at radius 3 is 2.75 bits per heavy atom. The summed E-state index contributed by atoms with van der Waals surface area (Å²) in [5, 5.41) is 3.32. The molecule has 3 rings (SSSR count). The molecular weight excluding hydrogens is 307 g/mol. The molecule has 1 amide bonds. The summed E-state index contributed by atoms with van der Waals surface area (Å²) in [5.41, 5.74) is 8.58. The van der Waals surface area contributed by atoms with Crippen LogP contribution in [0.25, 0.3) is 0 Å². The molecule has 24 heavy (non-hydrogen) atoms. The molecule has 0 saturated heterocycles. The number of carbonyl (C=O) groups is 2. The van der Waals surface area contributed by atoms with Crippen molar-refractivity contribution >= 4 is 17.9 Å². The minimum Gasteiger partial charge on any atom is -0.377 e. The number of carbonyl (C=O) groups excluding carboxylic acids is 2. The number of primary amides is 1. The average Bonchev–Trinajstić information content (AvgIpc) is 2.56. The number of hydrogen-bond acceptors (Lipinski definition) is 3. The van der Waals surface area contributed by atoms with Crippen LogP contribution >= 0.6 is 0 Å². The zero-order chi connectivity index (χ0) is 17.5. The number of rotatable bonds is 3. The second kappa shape index (κ2) is 5.74. The van der Waals surface area contributed by atoms with Gasteiger partial charge in [0.1, 0.15) is 12.1 Å². The summed E-state index contributed by atoms with van der Waals surface area (Å²) in [6, 6.07) is 9.36. The molecule has 1 aliphatic rings. The first-order valence-corrected chi connectivity index (χ1v) is 7.76. The van der Waals surface area contributed by atoms with Crippen LogP contribution in [0.2, 0.25) is 0 Å². The Bertz CT molecular complexity index is 834. The molecule has 5 heteroatoms. The lowest BCUT2D eigenvalue weighted by molar-refractivity contribution is -0.127. The molecule has 2 aromatic rings. The largest absolute Gasteiger partial charge is 0.377 e. The highest BCUT2D eigenvalue weighted by atomic mass is 19.1. The van der Waals surface area contributed by atoms with Crippen molar-refractivity contribution in [3.63, 3.8) is 0 Å². The Balaban J connectivity index is 2.15. The van der Waals surface area contributed by atoms with E-state index in [1.54, 1.807) is 31.2 Å². The highest BCUT2D eigenvalue weighted by Gasteiger charge is 2.45. The molecule has 2 unspecified atom stereocenters. The van der Waals surface area contributed by atoms with Gasteiger partial charge >= 0.3 is 0 Å². The van der Waals surface area contributed by atoms with E-state index in [0.717, 1.165) is 23.1 Å². The number of halogens is 1. The van der Waals surface area contributed by atoms with Crippen molar-refractivity contribution in [1.82, 2.24) is 0 Å². The fourth-order valence-corrected chi connectivity index (χ4v) is 3.36. The highest BCUT2D eigenvalue weighted by Crippen LogP contribution is 2.46. The maximum absolute atomic E-state index is 13.8. The van der Waals surface area contributed by atoms with Crippen LogP contribution in [0, 0.1) is 18.2 Å². The normalized spacial score (nSPS) is 22.4. The topological polar surface area (TPSA) is 72.2 Å². The van der Waals surface area contributed by atoms with E-state index in [4.69, 9.17) is 5.73 Å². The van der Waals surface area contributed by atoms with E-state index in [-0.39, 0.29) is 5.82 Å². The molecule has 4 nitrogen and oxygen atoms in total. The Hall–Kier alpha value is -2.69. The van der Waals surface area contributed by atoms with E-state index in [0.29, 0.717) is 17.5 Å². The molecule has 2 atom stereocenters. The first-order chi connectivity index (χ1) is 11.3. The van der Waals surface area contributed by atoms with Crippen molar-refractivity contribution in [3.8, 4) is 0 Å². The van der Waals surface area contributed by atoms with Crippen LogP contribution in [-0.4, -0.2) is 12.2 Å². The van der Waals surface area contributed by atoms with Crippen molar-refractivity contribution in [1.29, 1.82) is 0 Å². The molecular formula is C19H19FN2O2. The van der Waals surface area contributed by atoms with Gasteiger partial charge in [-0.2, -0.15) is 0 Å². The molecule has 1 aliphatic heterocycles. The minimum atomic E-state index is -0.937. The van der Waals surface area contributed by atoms with E-state index >= 15 is 0 Å². The minimum absolute atomic E-state index is 0.355. The smallest absolute Gasteiger partial charge is 0.226 e. The van der Waals surface area contributed by atoms with Gasteiger partial charge in [-0.25, -0.2) is 4.39 Å². The van der Waals surface area contributed by atoms with Crippen molar-refractivity contribution in [2.45, 2.75) is 26.3 Å². The van der Waals surface area contributed by atoms with Gasteiger partial charge in [-0.1, -0.05) is 6.07 Å². The number of amides is 1. The van der Waals surface area contributed by atoms with Crippen molar-refractivity contribution in [2.24, 2.45) is 11.1 Å². The molecule has 0 radical (unpaired) electrons. The quantitative estimate of drug-likeness (QED) is 0.851. The summed E-state index contributed by atoms with van der Waals surface area (Å²) < 4.78 is 13.8. The van der Waals surface area contributed by atoms with Gasteiger partial charge < -0.3 is 11.1 Å². The molecule has 0 fully saturated rings. The van der Waals surface area contributed by atoms with Crippen molar-refractivity contribution in [3.05, 3.63) is 64.5 Å². The summed E-state index contributed by atoms with van der Waals surface area (Å²) in [4.78, 5) is 23.2. The third-order valence-electron chi connectivity index (χ3n) is 4.88. The number of nitrogens with one attached hydrogen (secondary N) is 1. The lowest BCUT2D eigenvalue weighted by Crippen LogP contribution is -2.47. The summed E-state index contributed by atoms with van der Waals surface area (Å²) in [7, 11) is 0. The van der Waals surface area contributed by atoms with Crippen molar-refractivity contribution < 1.29 is 14.0 Å². The second-order valence-electron chi connectivity index (χ2n) is 6.57. The van der Waals surface area contributed by atoms with Crippen LogP contribution in [0.3, 0.4) is 0 Å². The second-order valence-corrected chi connectivity index (χ2v) is 6.57. The van der Waals surface area contributed by atoms with Gasteiger partial charge in [0.15, 0.2) is 0 Å². The van der Waals surface area contributed by atoms with Gasteiger partial charge in [-0.15, -0.1) is 0 Å². The maximum Gasteiger partial charge on any atom is 0.226 e. The fourth-order valence-electron chi connectivity index (χ4n) is 3.36. The van der Waals surface area contributed by atoms with Gasteiger partial charge in [0.25, 0.3) is 0 Å². The summed E-state index contributed by atoms with van der Waals surface area (Å²) in [6.07, 6.45) is 1.15. The molecule has 0 spiro atoms. The molecule has 0 aromatic heterocycles. The van der Waals surface area contributed by atoms with Gasteiger partial charge in [0, 0.05) is 11.3 Å². The Morgan fingerprint density at radius 2 is 2.08 bits per heavy atom. The van der Waals surface area contributed by atoms with E-state index in [1.807, 2.05) is 6.92 Å². The number of fused-ring (bicyclic) bond motifs is 1. The standard InChI is InChI=1S/C19H19FN2O2/c1-11-3-5-14(20)8-15(11)17-19(2,18(21)24)9-13-7-12(10-23)4-6-16(13)22-17/h3-8,10,17,22H,9H2,1-2H3,(H2,21,24). The lowest BCUT2D eigenvalue weighted by atomic mass is 9.70. The zero-order valence-corrected chi connectivity index (χ0v) is 13.6. The first-order valence-electron chi connectivity index (χ1n) is 7.76. The van der Waals surface area contributed by atoms with Crippen molar-refractivity contribution in [2.75, 3.05) is 5.32 Å². The van der Waals surface area contributed by atoms with Gasteiger partial charge in [0.05, 0.1) is 11.5 Å². The molecule has 0 bridgehead atoms. The summed E-state index contributed by atoms with van der Waals surface area (Å²) in [5.74, 6) is -0.822. The number of anilines is 1. The van der Waals surface area contributed by atoms with E-state index < -0.39 is 17.4 Å². The third-order valence-corrected chi connectivity index (χ3v) is 4.88. The third kappa shape index (κ3) is 2.56.